The standard InChI is InChI=1S/C11H13NO4S/c1-2-12(17(13,14)15)9-8-11(16-12)10-6-4-3-5-7-10/h3-8H,2,9H2,1H3/p+1. The summed E-state index contributed by atoms with van der Waals surface area (Å²) < 4.78 is 31.1. The van der Waals surface area contributed by atoms with E-state index >= 15 is 0 Å². The van der Waals surface area contributed by atoms with Crippen LogP contribution in [0.1, 0.15) is 12.5 Å². The molecule has 0 aliphatic carbocycles. The Kier molecular flexibility index (Phi) is 2.94. The lowest BCUT2D eigenvalue weighted by Crippen LogP contribution is -2.49. The summed E-state index contributed by atoms with van der Waals surface area (Å²) >= 11 is 0. The molecule has 2 rings (SSSR count). The molecule has 1 aromatic rings. The SMILES string of the molecule is CC[N+]1(S(=O)(=O)O)CC=C(c2ccccc2)O1. The monoisotopic (exact) mass is 256 g/mol. The first-order valence-electron chi connectivity index (χ1n) is 5.28. The average Bonchev–Trinajstić information content (AvgIpc) is 2.75. The fourth-order valence-electron chi connectivity index (χ4n) is 1.75. The molecule has 0 saturated carbocycles. The minimum Gasteiger partial charge on any atom is -0.296 e. The van der Waals surface area contributed by atoms with Gasteiger partial charge in [-0.3, -0.25) is 4.84 Å². The molecule has 0 aromatic heterocycles. The van der Waals surface area contributed by atoms with Crippen molar-refractivity contribution in [1.82, 2.24) is 0 Å². The van der Waals surface area contributed by atoms with Gasteiger partial charge in [-0.05, 0) is 11.0 Å². The molecular weight excluding hydrogens is 242 g/mol. The van der Waals surface area contributed by atoms with Crippen LogP contribution in [0, 0.1) is 0 Å². The highest BCUT2D eigenvalue weighted by molar-refractivity contribution is 7.80. The number of hydrogen-bond acceptors (Lipinski definition) is 3. The normalized spacial score (nSPS) is 24.2. The van der Waals surface area contributed by atoms with Crippen LogP contribution >= 0.6 is 0 Å². The second-order valence-electron chi connectivity index (χ2n) is 3.79. The van der Waals surface area contributed by atoms with Crippen LogP contribution in [0.15, 0.2) is 36.4 Å². The summed E-state index contributed by atoms with van der Waals surface area (Å²) in [5.41, 5.74) is 0.796. The van der Waals surface area contributed by atoms with E-state index in [1.807, 2.05) is 30.3 Å². The molecular formula is C11H14NO4S+. The van der Waals surface area contributed by atoms with Crippen molar-refractivity contribution in [3.8, 4) is 0 Å². The molecule has 0 spiro atoms. The molecule has 1 aromatic carbocycles. The molecule has 1 atom stereocenters. The summed E-state index contributed by atoms with van der Waals surface area (Å²) in [5.74, 6) is 0.477. The highest BCUT2D eigenvalue weighted by atomic mass is 32.2. The van der Waals surface area contributed by atoms with Crippen LogP contribution < -0.4 is 0 Å². The molecule has 6 heteroatoms. The van der Waals surface area contributed by atoms with Crippen LogP contribution in [0.25, 0.3) is 5.76 Å². The molecule has 0 saturated heterocycles. The van der Waals surface area contributed by atoms with Crippen molar-refractivity contribution < 1.29 is 21.9 Å². The molecule has 1 heterocycles. The van der Waals surface area contributed by atoms with Gasteiger partial charge >= 0.3 is 10.3 Å². The van der Waals surface area contributed by atoms with Crippen molar-refractivity contribution in [2.45, 2.75) is 6.92 Å². The molecule has 0 bridgehead atoms. The first kappa shape index (κ1) is 12.1. The largest absolute Gasteiger partial charge is 0.473 e. The lowest BCUT2D eigenvalue weighted by Gasteiger charge is -2.24. The lowest BCUT2D eigenvalue weighted by molar-refractivity contribution is -0.980. The van der Waals surface area contributed by atoms with Crippen molar-refractivity contribution in [3.63, 3.8) is 0 Å². The van der Waals surface area contributed by atoms with Gasteiger partial charge in [-0.1, -0.05) is 30.3 Å². The Morgan fingerprint density at radius 1 is 1.35 bits per heavy atom. The Labute approximate surface area is 100 Å². The number of likely N-dealkylation sites (N-methyl/N-ethyl adjacent to an activating group) is 1. The second kappa shape index (κ2) is 4.14. The van der Waals surface area contributed by atoms with E-state index in [0.29, 0.717) is 5.76 Å². The third-order valence-electron chi connectivity index (χ3n) is 2.78. The van der Waals surface area contributed by atoms with Crippen molar-refractivity contribution in [2.75, 3.05) is 13.1 Å². The summed E-state index contributed by atoms with van der Waals surface area (Å²) in [6, 6.07) is 9.19. The van der Waals surface area contributed by atoms with Gasteiger partial charge in [-0.15, -0.1) is 8.42 Å². The van der Waals surface area contributed by atoms with Crippen LogP contribution in [-0.2, 0) is 15.1 Å². The topological polar surface area (TPSA) is 63.6 Å². The Bertz CT molecular complexity index is 538. The number of nitrogens with zero attached hydrogens (tertiary/aromatic N) is 1. The first-order valence-corrected chi connectivity index (χ1v) is 6.68. The third kappa shape index (κ3) is 2.06. The van der Waals surface area contributed by atoms with Gasteiger partial charge in [0.05, 0.1) is 0 Å². The molecule has 1 unspecified atom stereocenters. The summed E-state index contributed by atoms with van der Waals surface area (Å²) in [5, 5.41) is 0. The minimum absolute atomic E-state index is 0.111. The van der Waals surface area contributed by atoms with Crippen LogP contribution in [0.5, 0.6) is 0 Å². The third-order valence-corrected chi connectivity index (χ3v) is 4.10. The van der Waals surface area contributed by atoms with Gasteiger partial charge in [-0.25, -0.2) is 4.55 Å². The molecule has 92 valence electrons. The lowest BCUT2D eigenvalue weighted by atomic mass is 10.2. The minimum atomic E-state index is -4.29. The summed E-state index contributed by atoms with van der Waals surface area (Å²) in [4.78, 5) is 5.41. The summed E-state index contributed by atoms with van der Waals surface area (Å²) in [7, 11) is -4.29. The van der Waals surface area contributed by atoms with Crippen molar-refractivity contribution in [2.24, 2.45) is 0 Å². The van der Waals surface area contributed by atoms with E-state index in [2.05, 4.69) is 0 Å². The van der Waals surface area contributed by atoms with Gasteiger partial charge < -0.3 is 0 Å². The van der Waals surface area contributed by atoms with E-state index in [9.17, 15) is 13.0 Å². The van der Waals surface area contributed by atoms with E-state index in [1.54, 1.807) is 13.0 Å². The van der Waals surface area contributed by atoms with Gasteiger partial charge in [-0.2, -0.15) is 0 Å². The Hall–Kier alpha value is -1.37. The van der Waals surface area contributed by atoms with Gasteiger partial charge in [0.25, 0.3) is 0 Å². The van der Waals surface area contributed by atoms with Crippen molar-refractivity contribution in [1.29, 1.82) is 0 Å². The van der Waals surface area contributed by atoms with Crippen LogP contribution in [0.2, 0.25) is 0 Å². The smallest absolute Gasteiger partial charge is 0.296 e. The molecule has 17 heavy (non-hydrogen) atoms. The quantitative estimate of drug-likeness (QED) is 0.659. The van der Waals surface area contributed by atoms with E-state index in [4.69, 9.17) is 4.84 Å². The van der Waals surface area contributed by atoms with Crippen LogP contribution in [-0.4, -0.2) is 30.1 Å². The molecule has 0 radical (unpaired) electrons. The average molecular weight is 256 g/mol. The molecule has 1 N–H and O–H groups in total. The fraction of sp³-hybridized carbons (Fsp3) is 0.273. The highest BCUT2D eigenvalue weighted by Crippen LogP contribution is 2.31. The Morgan fingerprint density at radius 2 is 2.00 bits per heavy atom. The van der Waals surface area contributed by atoms with E-state index in [1.165, 1.54) is 0 Å². The molecule has 0 fully saturated rings. The maximum absolute atomic E-state index is 11.3. The predicted molar refractivity (Wildman–Crippen MR) is 62.7 cm³/mol. The second-order valence-corrected chi connectivity index (χ2v) is 5.35. The molecule has 0 amide bonds. The summed E-state index contributed by atoms with van der Waals surface area (Å²) in [6.07, 6.45) is 1.67. The highest BCUT2D eigenvalue weighted by Gasteiger charge is 2.47. The van der Waals surface area contributed by atoms with Gasteiger partial charge in [0.1, 0.15) is 6.54 Å². The number of quaternary nitrogens is 1. The number of rotatable bonds is 3. The Balaban J connectivity index is 2.30. The van der Waals surface area contributed by atoms with Crippen LogP contribution in [0.4, 0.5) is 0 Å². The number of hydroxylamine groups is 2. The molecule has 1 aliphatic rings. The Morgan fingerprint density at radius 3 is 2.47 bits per heavy atom. The zero-order valence-electron chi connectivity index (χ0n) is 9.41. The number of hydrogen-bond donors (Lipinski definition) is 1. The maximum Gasteiger partial charge on any atom is 0.473 e. The van der Waals surface area contributed by atoms with Gasteiger partial charge in [0, 0.05) is 11.6 Å². The van der Waals surface area contributed by atoms with Crippen molar-refractivity contribution in [3.05, 3.63) is 42.0 Å². The van der Waals surface area contributed by atoms with E-state index in [-0.39, 0.29) is 13.1 Å². The molecule has 1 aliphatic heterocycles. The number of benzene rings is 1. The first-order chi connectivity index (χ1) is 7.98. The zero-order valence-corrected chi connectivity index (χ0v) is 10.2. The zero-order chi connectivity index (χ0) is 12.5. The van der Waals surface area contributed by atoms with E-state index in [0.717, 1.165) is 5.56 Å². The van der Waals surface area contributed by atoms with Crippen molar-refractivity contribution >= 4 is 16.1 Å². The maximum atomic E-state index is 11.3. The van der Waals surface area contributed by atoms with Gasteiger partial charge in [0.15, 0.2) is 6.54 Å². The van der Waals surface area contributed by atoms with E-state index < -0.39 is 14.4 Å². The molecule has 5 nitrogen and oxygen atoms in total. The van der Waals surface area contributed by atoms with Crippen LogP contribution in [0.3, 0.4) is 0 Å². The fourth-order valence-corrected chi connectivity index (χ4v) is 2.51. The van der Waals surface area contributed by atoms with Gasteiger partial charge in [0.2, 0.25) is 5.76 Å². The summed E-state index contributed by atoms with van der Waals surface area (Å²) in [6.45, 7) is 1.90. The predicted octanol–water partition coefficient (Wildman–Crippen LogP) is 1.61.